The predicted octanol–water partition coefficient (Wildman–Crippen LogP) is 2.56. The van der Waals surface area contributed by atoms with E-state index in [0.29, 0.717) is 17.6 Å². The van der Waals surface area contributed by atoms with E-state index in [0.717, 1.165) is 25.1 Å². The number of hydrogen-bond donors (Lipinski definition) is 2. The van der Waals surface area contributed by atoms with Gasteiger partial charge in [0.15, 0.2) is 0 Å². The number of halogens is 2. The van der Waals surface area contributed by atoms with Gasteiger partial charge in [-0.25, -0.2) is 4.39 Å². The van der Waals surface area contributed by atoms with Crippen molar-refractivity contribution >= 4 is 21.6 Å². The van der Waals surface area contributed by atoms with Crippen LogP contribution in [0.4, 0.5) is 10.1 Å². The molecular formula is C14H19BrFNO3. The van der Waals surface area contributed by atoms with E-state index in [4.69, 9.17) is 9.47 Å². The Morgan fingerprint density at radius 2 is 2.40 bits per heavy atom. The second-order valence-electron chi connectivity index (χ2n) is 4.83. The van der Waals surface area contributed by atoms with Crippen LogP contribution in [0.5, 0.6) is 0 Å². The van der Waals surface area contributed by atoms with Crippen molar-refractivity contribution < 1.29 is 19.0 Å². The van der Waals surface area contributed by atoms with Gasteiger partial charge in [0, 0.05) is 23.3 Å². The van der Waals surface area contributed by atoms with E-state index in [9.17, 15) is 9.50 Å². The molecule has 1 aromatic carbocycles. The topological polar surface area (TPSA) is 50.7 Å². The molecule has 2 rings (SSSR count). The quantitative estimate of drug-likeness (QED) is 0.795. The number of aliphatic hydroxyl groups excluding tert-OH is 1. The Bertz CT molecular complexity index is 427. The van der Waals surface area contributed by atoms with Crippen LogP contribution in [-0.2, 0) is 9.47 Å². The van der Waals surface area contributed by atoms with Gasteiger partial charge in [-0.1, -0.05) is 0 Å². The van der Waals surface area contributed by atoms with Crippen LogP contribution in [0.1, 0.15) is 12.8 Å². The van der Waals surface area contributed by atoms with Crippen LogP contribution in [0.3, 0.4) is 0 Å². The van der Waals surface area contributed by atoms with Crippen LogP contribution in [0.2, 0.25) is 0 Å². The van der Waals surface area contributed by atoms with Gasteiger partial charge in [-0.05, 0) is 47.0 Å². The van der Waals surface area contributed by atoms with E-state index in [2.05, 4.69) is 21.2 Å². The highest BCUT2D eigenvalue weighted by atomic mass is 79.9. The molecule has 1 fully saturated rings. The first-order valence-electron chi connectivity index (χ1n) is 6.71. The van der Waals surface area contributed by atoms with E-state index in [1.54, 1.807) is 6.07 Å². The molecule has 1 aliphatic heterocycles. The number of nitrogens with one attached hydrogen (secondary N) is 1. The lowest BCUT2D eigenvalue weighted by Gasteiger charge is -2.15. The molecule has 1 heterocycles. The molecule has 0 amide bonds. The summed E-state index contributed by atoms with van der Waals surface area (Å²) in [4.78, 5) is 0. The van der Waals surface area contributed by atoms with E-state index in [-0.39, 0.29) is 18.5 Å². The summed E-state index contributed by atoms with van der Waals surface area (Å²) in [5.41, 5.74) is 0.740. The van der Waals surface area contributed by atoms with Crippen LogP contribution in [0.15, 0.2) is 22.7 Å². The fourth-order valence-corrected chi connectivity index (χ4v) is 2.52. The highest BCUT2D eigenvalue weighted by Crippen LogP contribution is 2.22. The molecule has 0 saturated carbocycles. The third-order valence-electron chi connectivity index (χ3n) is 3.10. The van der Waals surface area contributed by atoms with Gasteiger partial charge < -0.3 is 19.9 Å². The number of ether oxygens (including phenoxy) is 2. The molecule has 2 atom stereocenters. The molecule has 4 nitrogen and oxygen atoms in total. The van der Waals surface area contributed by atoms with E-state index < -0.39 is 6.10 Å². The molecule has 0 aromatic heterocycles. The Balaban J connectivity index is 1.65. The standard InChI is InChI=1S/C14H19BrFNO3/c15-13-6-10(16)3-4-14(13)17-7-11(18)8-19-9-12-2-1-5-20-12/h3-4,6,11-12,17-18H,1-2,5,7-9H2. The molecular weight excluding hydrogens is 329 g/mol. The highest BCUT2D eigenvalue weighted by Gasteiger charge is 2.16. The minimum Gasteiger partial charge on any atom is -0.389 e. The first-order chi connectivity index (χ1) is 9.65. The van der Waals surface area contributed by atoms with Gasteiger partial charge >= 0.3 is 0 Å². The number of benzene rings is 1. The van der Waals surface area contributed by atoms with Crippen molar-refractivity contribution in [1.82, 2.24) is 0 Å². The SMILES string of the molecule is OC(CNc1ccc(F)cc1Br)COCC1CCCO1. The van der Waals surface area contributed by atoms with Crippen molar-refractivity contribution in [2.75, 3.05) is 31.7 Å². The summed E-state index contributed by atoms with van der Waals surface area (Å²) >= 11 is 3.26. The summed E-state index contributed by atoms with van der Waals surface area (Å²) in [6.45, 7) is 1.93. The van der Waals surface area contributed by atoms with Crippen LogP contribution in [-0.4, -0.2) is 43.7 Å². The average Bonchev–Trinajstić information content (AvgIpc) is 2.91. The zero-order chi connectivity index (χ0) is 14.4. The molecule has 1 aliphatic rings. The van der Waals surface area contributed by atoms with Crippen molar-refractivity contribution in [1.29, 1.82) is 0 Å². The zero-order valence-electron chi connectivity index (χ0n) is 11.1. The van der Waals surface area contributed by atoms with Crippen molar-refractivity contribution in [3.63, 3.8) is 0 Å². The minimum absolute atomic E-state index is 0.168. The van der Waals surface area contributed by atoms with Crippen molar-refractivity contribution in [3.8, 4) is 0 Å². The maximum Gasteiger partial charge on any atom is 0.124 e. The van der Waals surface area contributed by atoms with Gasteiger partial charge in [0.2, 0.25) is 0 Å². The molecule has 2 N–H and O–H groups in total. The molecule has 20 heavy (non-hydrogen) atoms. The monoisotopic (exact) mass is 347 g/mol. The lowest BCUT2D eigenvalue weighted by molar-refractivity contribution is -0.0137. The molecule has 1 aromatic rings. The summed E-state index contributed by atoms with van der Waals surface area (Å²) < 4.78 is 24.4. The third-order valence-corrected chi connectivity index (χ3v) is 3.75. The normalized spacial score (nSPS) is 20.1. The number of aliphatic hydroxyl groups is 1. The predicted molar refractivity (Wildman–Crippen MR) is 78.4 cm³/mol. The van der Waals surface area contributed by atoms with Gasteiger partial charge in [-0.3, -0.25) is 0 Å². The van der Waals surface area contributed by atoms with E-state index in [1.807, 2.05) is 0 Å². The molecule has 1 saturated heterocycles. The fraction of sp³-hybridized carbons (Fsp3) is 0.571. The first kappa shape index (κ1) is 15.7. The molecule has 0 radical (unpaired) electrons. The molecule has 6 heteroatoms. The van der Waals surface area contributed by atoms with Crippen LogP contribution < -0.4 is 5.32 Å². The Labute approximate surface area is 126 Å². The zero-order valence-corrected chi connectivity index (χ0v) is 12.7. The second kappa shape index (κ2) is 7.93. The average molecular weight is 348 g/mol. The lowest BCUT2D eigenvalue weighted by Crippen LogP contribution is -2.27. The van der Waals surface area contributed by atoms with Gasteiger partial charge in [0.25, 0.3) is 0 Å². The molecule has 112 valence electrons. The molecule has 0 spiro atoms. The summed E-state index contributed by atoms with van der Waals surface area (Å²) in [5, 5.41) is 12.9. The Kier molecular flexibility index (Phi) is 6.22. The van der Waals surface area contributed by atoms with Crippen molar-refractivity contribution in [3.05, 3.63) is 28.5 Å². The summed E-state index contributed by atoms with van der Waals surface area (Å²) in [6, 6.07) is 4.37. The van der Waals surface area contributed by atoms with Crippen LogP contribution in [0.25, 0.3) is 0 Å². The van der Waals surface area contributed by atoms with Crippen molar-refractivity contribution in [2.24, 2.45) is 0 Å². The first-order valence-corrected chi connectivity index (χ1v) is 7.51. The summed E-state index contributed by atoms with van der Waals surface area (Å²) in [6.07, 6.45) is 1.66. The van der Waals surface area contributed by atoms with Gasteiger partial charge in [0.05, 0.1) is 25.4 Å². The van der Waals surface area contributed by atoms with E-state index >= 15 is 0 Å². The van der Waals surface area contributed by atoms with Gasteiger partial charge in [-0.2, -0.15) is 0 Å². The van der Waals surface area contributed by atoms with Gasteiger partial charge in [-0.15, -0.1) is 0 Å². The minimum atomic E-state index is -0.617. The summed E-state index contributed by atoms with van der Waals surface area (Å²) in [5.74, 6) is -0.303. The van der Waals surface area contributed by atoms with Crippen LogP contribution in [0, 0.1) is 5.82 Å². The van der Waals surface area contributed by atoms with Gasteiger partial charge in [0.1, 0.15) is 5.82 Å². The third kappa shape index (κ3) is 5.01. The second-order valence-corrected chi connectivity index (χ2v) is 5.69. The maximum atomic E-state index is 12.9. The van der Waals surface area contributed by atoms with Crippen molar-refractivity contribution in [2.45, 2.75) is 25.0 Å². The Morgan fingerprint density at radius 3 is 3.10 bits per heavy atom. The molecule has 0 aliphatic carbocycles. The van der Waals surface area contributed by atoms with E-state index in [1.165, 1.54) is 12.1 Å². The lowest BCUT2D eigenvalue weighted by atomic mass is 10.2. The Hall–Kier alpha value is -0.690. The molecule has 2 unspecified atom stereocenters. The Morgan fingerprint density at radius 1 is 1.55 bits per heavy atom. The number of anilines is 1. The van der Waals surface area contributed by atoms with Crippen LogP contribution >= 0.6 is 15.9 Å². The number of hydrogen-bond acceptors (Lipinski definition) is 4. The number of rotatable bonds is 7. The fourth-order valence-electron chi connectivity index (χ4n) is 2.03. The largest absolute Gasteiger partial charge is 0.389 e. The molecule has 0 bridgehead atoms. The maximum absolute atomic E-state index is 12.9. The summed E-state index contributed by atoms with van der Waals surface area (Å²) in [7, 11) is 0. The smallest absolute Gasteiger partial charge is 0.124 e. The highest BCUT2D eigenvalue weighted by molar-refractivity contribution is 9.10.